The molecule has 1 N–H and O–H groups in total. The molecule has 0 aromatic carbocycles. The molecule has 1 heteroatoms. The summed E-state index contributed by atoms with van der Waals surface area (Å²) >= 11 is 0. The lowest BCUT2D eigenvalue weighted by atomic mass is 9.73. The van der Waals surface area contributed by atoms with Crippen molar-refractivity contribution in [3.8, 4) is 0 Å². The van der Waals surface area contributed by atoms with Crippen molar-refractivity contribution in [2.75, 3.05) is 13.1 Å². The summed E-state index contributed by atoms with van der Waals surface area (Å²) in [7, 11) is 0. The minimum absolute atomic E-state index is 0.667. The van der Waals surface area contributed by atoms with Crippen molar-refractivity contribution in [2.24, 2.45) is 5.41 Å². The average molecular weight is 169 g/mol. The van der Waals surface area contributed by atoms with Crippen LogP contribution in [0.3, 0.4) is 0 Å². The SMILES string of the molecule is CCNCCC1(C)CCCCC1. The van der Waals surface area contributed by atoms with E-state index in [4.69, 9.17) is 0 Å². The average Bonchev–Trinajstić information content (AvgIpc) is 2.06. The Morgan fingerprint density at radius 2 is 1.83 bits per heavy atom. The molecule has 0 heterocycles. The zero-order valence-electron chi connectivity index (χ0n) is 8.66. The van der Waals surface area contributed by atoms with Gasteiger partial charge in [0.1, 0.15) is 0 Å². The Morgan fingerprint density at radius 3 is 2.42 bits per heavy atom. The molecule has 0 spiro atoms. The van der Waals surface area contributed by atoms with Crippen LogP contribution < -0.4 is 5.32 Å². The van der Waals surface area contributed by atoms with Crippen LogP contribution in [0.25, 0.3) is 0 Å². The molecule has 1 nitrogen and oxygen atoms in total. The van der Waals surface area contributed by atoms with Crippen molar-refractivity contribution < 1.29 is 0 Å². The molecule has 0 aromatic rings. The van der Waals surface area contributed by atoms with Gasteiger partial charge in [0.15, 0.2) is 0 Å². The fraction of sp³-hybridized carbons (Fsp3) is 1.00. The van der Waals surface area contributed by atoms with Gasteiger partial charge in [-0.15, -0.1) is 0 Å². The summed E-state index contributed by atoms with van der Waals surface area (Å²) in [6, 6.07) is 0. The van der Waals surface area contributed by atoms with Gasteiger partial charge in [0.2, 0.25) is 0 Å². The van der Waals surface area contributed by atoms with Crippen molar-refractivity contribution in [2.45, 2.75) is 52.4 Å². The van der Waals surface area contributed by atoms with Gasteiger partial charge in [-0.05, 0) is 37.8 Å². The highest BCUT2D eigenvalue weighted by atomic mass is 14.8. The van der Waals surface area contributed by atoms with Crippen LogP contribution in [0, 0.1) is 5.41 Å². The Hall–Kier alpha value is -0.0400. The minimum atomic E-state index is 0.667. The van der Waals surface area contributed by atoms with Crippen LogP contribution in [0.15, 0.2) is 0 Å². The van der Waals surface area contributed by atoms with Gasteiger partial charge in [0, 0.05) is 0 Å². The van der Waals surface area contributed by atoms with Crippen LogP contribution in [0.4, 0.5) is 0 Å². The standard InChI is InChI=1S/C11H23N/c1-3-12-10-9-11(2)7-5-4-6-8-11/h12H,3-10H2,1-2H3. The molecule has 0 radical (unpaired) electrons. The maximum atomic E-state index is 3.42. The lowest BCUT2D eigenvalue weighted by Crippen LogP contribution is -2.26. The Morgan fingerprint density at radius 1 is 1.17 bits per heavy atom. The second-order valence-corrected chi connectivity index (χ2v) is 4.47. The topological polar surface area (TPSA) is 12.0 Å². The lowest BCUT2D eigenvalue weighted by Gasteiger charge is -2.33. The maximum absolute atomic E-state index is 3.42. The van der Waals surface area contributed by atoms with Crippen LogP contribution in [0.1, 0.15) is 52.4 Å². The molecule has 0 aromatic heterocycles. The Balaban J connectivity index is 2.17. The third kappa shape index (κ3) is 3.14. The summed E-state index contributed by atoms with van der Waals surface area (Å²) in [6.07, 6.45) is 8.68. The summed E-state index contributed by atoms with van der Waals surface area (Å²) in [5.41, 5.74) is 0.667. The number of rotatable bonds is 4. The number of nitrogens with one attached hydrogen (secondary N) is 1. The normalized spacial score (nSPS) is 22.5. The van der Waals surface area contributed by atoms with Gasteiger partial charge in [0.05, 0.1) is 0 Å². The summed E-state index contributed by atoms with van der Waals surface area (Å²) in [5.74, 6) is 0. The smallest absolute Gasteiger partial charge is 0.00438 e. The fourth-order valence-corrected chi connectivity index (χ4v) is 2.22. The van der Waals surface area contributed by atoms with E-state index in [2.05, 4.69) is 19.2 Å². The van der Waals surface area contributed by atoms with Crippen LogP contribution in [0.5, 0.6) is 0 Å². The first-order valence-electron chi connectivity index (χ1n) is 5.47. The second-order valence-electron chi connectivity index (χ2n) is 4.47. The molecule has 12 heavy (non-hydrogen) atoms. The van der Waals surface area contributed by atoms with Gasteiger partial charge in [0.25, 0.3) is 0 Å². The first-order chi connectivity index (χ1) is 5.77. The van der Waals surface area contributed by atoms with Crippen LogP contribution in [-0.4, -0.2) is 13.1 Å². The van der Waals surface area contributed by atoms with Crippen molar-refractivity contribution >= 4 is 0 Å². The monoisotopic (exact) mass is 169 g/mol. The molecular weight excluding hydrogens is 146 g/mol. The Kier molecular flexibility index (Phi) is 4.07. The molecule has 0 aliphatic heterocycles. The molecule has 1 aliphatic carbocycles. The molecule has 0 bridgehead atoms. The molecule has 1 rings (SSSR count). The molecule has 0 atom stereocenters. The number of hydrogen-bond donors (Lipinski definition) is 1. The fourth-order valence-electron chi connectivity index (χ4n) is 2.22. The zero-order valence-corrected chi connectivity index (χ0v) is 8.66. The molecule has 0 saturated heterocycles. The van der Waals surface area contributed by atoms with Gasteiger partial charge in [-0.1, -0.05) is 33.1 Å². The first-order valence-corrected chi connectivity index (χ1v) is 5.47. The molecule has 72 valence electrons. The predicted molar refractivity (Wildman–Crippen MR) is 54.4 cm³/mol. The largest absolute Gasteiger partial charge is 0.317 e. The van der Waals surface area contributed by atoms with Gasteiger partial charge < -0.3 is 5.32 Å². The molecule has 0 amide bonds. The quantitative estimate of drug-likeness (QED) is 0.638. The molecule has 1 saturated carbocycles. The summed E-state index contributed by atoms with van der Waals surface area (Å²) in [4.78, 5) is 0. The second kappa shape index (κ2) is 4.86. The van der Waals surface area contributed by atoms with Crippen LogP contribution >= 0.6 is 0 Å². The zero-order chi connectivity index (χ0) is 8.86. The highest BCUT2D eigenvalue weighted by Gasteiger charge is 2.25. The summed E-state index contributed by atoms with van der Waals surface area (Å²) in [6.45, 7) is 6.98. The molecular formula is C11H23N. The molecule has 0 unspecified atom stereocenters. The van der Waals surface area contributed by atoms with E-state index in [9.17, 15) is 0 Å². The van der Waals surface area contributed by atoms with Crippen LogP contribution in [0.2, 0.25) is 0 Å². The lowest BCUT2D eigenvalue weighted by molar-refractivity contribution is 0.198. The summed E-state index contributed by atoms with van der Waals surface area (Å²) < 4.78 is 0. The number of hydrogen-bond acceptors (Lipinski definition) is 1. The Labute approximate surface area is 76.9 Å². The molecule has 1 fully saturated rings. The van der Waals surface area contributed by atoms with Crippen LogP contribution in [-0.2, 0) is 0 Å². The minimum Gasteiger partial charge on any atom is -0.317 e. The first kappa shape index (κ1) is 10.0. The van der Waals surface area contributed by atoms with E-state index in [1.807, 2.05) is 0 Å². The van der Waals surface area contributed by atoms with Crippen molar-refractivity contribution in [3.63, 3.8) is 0 Å². The van der Waals surface area contributed by atoms with Gasteiger partial charge in [-0.25, -0.2) is 0 Å². The van der Waals surface area contributed by atoms with E-state index in [1.54, 1.807) is 0 Å². The van der Waals surface area contributed by atoms with E-state index in [0.717, 1.165) is 6.54 Å². The van der Waals surface area contributed by atoms with Crippen molar-refractivity contribution in [1.29, 1.82) is 0 Å². The van der Waals surface area contributed by atoms with E-state index < -0.39 is 0 Å². The van der Waals surface area contributed by atoms with E-state index in [0.29, 0.717) is 5.41 Å². The van der Waals surface area contributed by atoms with E-state index >= 15 is 0 Å². The highest BCUT2D eigenvalue weighted by molar-refractivity contribution is 4.78. The van der Waals surface area contributed by atoms with Crippen molar-refractivity contribution in [1.82, 2.24) is 5.32 Å². The third-order valence-corrected chi connectivity index (χ3v) is 3.22. The Bertz CT molecular complexity index is 114. The molecule has 1 aliphatic rings. The third-order valence-electron chi connectivity index (χ3n) is 3.22. The highest BCUT2D eigenvalue weighted by Crippen LogP contribution is 2.38. The van der Waals surface area contributed by atoms with E-state index in [1.165, 1.54) is 45.1 Å². The van der Waals surface area contributed by atoms with Gasteiger partial charge >= 0.3 is 0 Å². The van der Waals surface area contributed by atoms with E-state index in [-0.39, 0.29) is 0 Å². The van der Waals surface area contributed by atoms with Crippen molar-refractivity contribution in [3.05, 3.63) is 0 Å². The maximum Gasteiger partial charge on any atom is -0.00438 e. The van der Waals surface area contributed by atoms with Gasteiger partial charge in [-0.2, -0.15) is 0 Å². The van der Waals surface area contributed by atoms with Gasteiger partial charge in [-0.3, -0.25) is 0 Å². The predicted octanol–water partition coefficient (Wildman–Crippen LogP) is 2.96. The summed E-state index contributed by atoms with van der Waals surface area (Å²) in [5, 5.41) is 3.42.